The highest BCUT2D eigenvalue weighted by molar-refractivity contribution is 7.90. The molecule has 2 N–H and O–H groups in total. The normalized spacial score (nSPS) is 14.0. The first kappa shape index (κ1) is 20.3. The minimum Gasteiger partial charge on any atom is -0.483 e. The van der Waals surface area contributed by atoms with Crippen LogP contribution in [0.2, 0.25) is 0 Å². The summed E-state index contributed by atoms with van der Waals surface area (Å²) >= 11 is 0. The van der Waals surface area contributed by atoms with E-state index < -0.39 is 10.0 Å². The fraction of sp³-hybridized carbons (Fsp3) is 0.211. The number of piperazine rings is 1. The number of nitrogens with one attached hydrogen (secondary N) is 1. The summed E-state index contributed by atoms with van der Waals surface area (Å²) in [7, 11) is -3.83. The number of aromatic nitrogens is 2. The number of carbonyl (C=O) groups is 1. The maximum absolute atomic E-state index is 13.2. The number of anilines is 1. The summed E-state index contributed by atoms with van der Waals surface area (Å²) in [6.45, 7) is 3.02. The fourth-order valence-electron chi connectivity index (χ4n) is 3.19. The molecule has 1 aliphatic heterocycles. The van der Waals surface area contributed by atoms with Crippen molar-refractivity contribution >= 4 is 33.2 Å². The molecule has 0 unspecified atom stereocenters. The van der Waals surface area contributed by atoms with Crippen molar-refractivity contribution < 1.29 is 18.3 Å². The van der Waals surface area contributed by atoms with E-state index in [2.05, 4.69) is 15.2 Å². The molecule has 1 saturated heterocycles. The molecule has 1 fully saturated rings. The van der Waals surface area contributed by atoms with Gasteiger partial charge in [0.15, 0.2) is 0 Å². The Hall–Kier alpha value is -3.42. The van der Waals surface area contributed by atoms with Crippen molar-refractivity contribution in [2.45, 2.75) is 4.90 Å². The van der Waals surface area contributed by atoms with Crippen LogP contribution in [0, 0.1) is 11.3 Å². The van der Waals surface area contributed by atoms with Gasteiger partial charge >= 0.3 is 0 Å². The van der Waals surface area contributed by atoms with Gasteiger partial charge in [-0.15, -0.1) is 0 Å². The third kappa shape index (κ3) is 4.06. The summed E-state index contributed by atoms with van der Waals surface area (Å²) in [5.41, 5.74) is 2.31. The molecule has 0 aliphatic carbocycles. The molecule has 10 heteroatoms. The highest BCUT2D eigenvalue weighted by Gasteiger charge is 2.24. The molecule has 1 aliphatic rings. The van der Waals surface area contributed by atoms with E-state index in [4.69, 9.17) is 15.2 Å². The van der Waals surface area contributed by atoms with Gasteiger partial charge in [0.1, 0.15) is 5.52 Å². The molecule has 0 bridgehead atoms. The Morgan fingerprint density at radius 3 is 2.62 bits per heavy atom. The van der Waals surface area contributed by atoms with Crippen molar-refractivity contribution in [3.63, 3.8) is 0 Å². The highest BCUT2D eigenvalue weighted by Crippen LogP contribution is 2.30. The van der Waals surface area contributed by atoms with Crippen LogP contribution in [0.1, 0.15) is 5.56 Å². The molecular weight excluding hydrogens is 394 g/mol. The first-order valence-electron chi connectivity index (χ1n) is 8.78. The van der Waals surface area contributed by atoms with Crippen LogP contribution in [0.15, 0.2) is 53.7 Å². The minimum atomic E-state index is -3.83. The summed E-state index contributed by atoms with van der Waals surface area (Å²) in [5, 5.41) is 19.2. The zero-order valence-electron chi connectivity index (χ0n) is 15.4. The van der Waals surface area contributed by atoms with Gasteiger partial charge in [0.25, 0.3) is 16.5 Å². The molecule has 0 atom stereocenters. The van der Waals surface area contributed by atoms with Gasteiger partial charge in [-0.05, 0) is 30.3 Å². The molecule has 3 aromatic rings. The quantitative estimate of drug-likeness (QED) is 0.614. The molecule has 0 spiro atoms. The Bertz CT molecular complexity index is 1160. The van der Waals surface area contributed by atoms with E-state index in [1.165, 1.54) is 16.1 Å². The average Bonchev–Trinajstić information content (AvgIpc) is 3.15. The number of benzene rings is 1. The van der Waals surface area contributed by atoms with Gasteiger partial charge in [0.05, 0.1) is 27.7 Å². The molecule has 9 nitrogen and oxygen atoms in total. The third-order valence-electron chi connectivity index (χ3n) is 4.48. The largest absolute Gasteiger partial charge is 0.483 e. The monoisotopic (exact) mass is 413 g/mol. The van der Waals surface area contributed by atoms with Crippen molar-refractivity contribution in [2.75, 3.05) is 31.1 Å². The molecule has 1 aromatic carbocycles. The van der Waals surface area contributed by atoms with E-state index in [1.54, 1.807) is 36.7 Å². The summed E-state index contributed by atoms with van der Waals surface area (Å²) in [5.74, 6) is 0. The second-order valence-electron chi connectivity index (χ2n) is 6.17. The van der Waals surface area contributed by atoms with E-state index in [0.717, 1.165) is 31.9 Å². The van der Waals surface area contributed by atoms with Crippen LogP contribution in [-0.2, 0) is 14.8 Å². The minimum absolute atomic E-state index is 0.0872. The number of pyridine rings is 1. The maximum Gasteiger partial charge on any atom is 0.290 e. The molecule has 150 valence electrons. The lowest BCUT2D eigenvalue weighted by Gasteiger charge is -2.28. The Morgan fingerprint density at radius 1 is 1.21 bits per heavy atom. The van der Waals surface area contributed by atoms with E-state index in [0.29, 0.717) is 16.6 Å². The Morgan fingerprint density at radius 2 is 1.93 bits per heavy atom. The first-order chi connectivity index (χ1) is 14.0. The van der Waals surface area contributed by atoms with Crippen molar-refractivity contribution in [2.24, 2.45) is 0 Å². The predicted molar refractivity (Wildman–Crippen MR) is 107 cm³/mol. The van der Waals surface area contributed by atoms with Crippen molar-refractivity contribution in [1.29, 1.82) is 5.26 Å². The molecule has 3 heterocycles. The van der Waals surface area contributed by atoms with Crippen LogP contribution in [0.3, 0.4) is 0 Å². The van der Waals surface area contributed by atoms with E-state index in [9.17, 15) is 8.42 Å². The lowest BCUT2D eigenvalue weighted by atomic mass is 10.2. The summed E-state index contributed by atoms with van der Waals surface area (Å²) in [6, 6.07) is 11.5. The first-order valence-corrected chi connectivity index (χ1v) is 10.2. The SMILES string of the molecule is N#Cc1cccc(S(=O)(=O)n2cc(N3CCNCC3)c3ncccc32)c1.O=CO. The number of hydrogen-bond acceptors (Lipinski definition) is 7. The summed E-state index contributed by atoms with van der Waals surface area (Å²) in [4.78, 5) is 15.0. The van der Waals surface area contributed by atoms with Gasteiger partial charge in [0.2, 0.25) is 0 Å². The molecule has 29 heavy (non-hydrogen) atoms. The van der Waals surface area contributed by atoms with Gasteiger partial charge in [-0.3, -0.25) is 9.78 Å². The molecule has 0 radical (unpaired) electrons. The van der Waals surface area contributed by atoms with Crippen LogP contribution in [0.4, 0.5) is 5.69 Å². The molecule has 2 aromatic heterocycles. The smallest absolute Gasteiger partial charge is 0.290 e. The van der Waals surface area contributed by atoms with Crippen LogP contribution >= 0.6 is 0 Å². The van der Waals surface area contributed by atoms with Crippen LogP contribution in [0.5, 0.6) is 0 Å². The summed E-state index contributed by atoms with van der Waals surface area (Å²) in [6.07, 6.45) is 3.30. The lowest BCUT2D eigenvalue weighted by Crippen LogP contribution is -2.43. The average molecular weight is 413 g/mol. The Labute approximate surface area is 167 Å². The Kier molecular flexibility index (Phi) is 6.11. The summed E-state index contributed by atoms with van der Waals surface area (Å²) < 4.78 is 27.7. The second kappa shape index (κ2) is 8.72. The van der Waals surface area contributed by atoms with Gasteiger partial charge < -0.3 is 15.3 Å². The highest BCUT2D eigenvalue weighted by atomic mass is 32.2. The number of nitrogens with zero attached hydrogens (tertiary/aromatic N) is 4. The van der Waals surface area contributed by atoms with Gasteiger partial charge in [-0.2, -0.15) is 5.26 Å². The number of carboxylic acid groups (broad SMARTS) is 1. The van der Waals surface area contributed by atoms with Crippen LogP contribution < -0.4 is 10.2 Å². The molecule has 4 rings (SSSR count). The van der Waals surface area contributed by atoms with Gasteiger partial charge in [-0.1, -0.05) is 6.07 Å². The molecular formula is C19H19N5O4S. The van der Waals surface area contributed by atoms with Gasteiger partial charge in [0, 0.05) is 38.6 Å². The third-order valence-corrected chi connectivity index (χ3v) is 6.15. The van der Waals surface area contributed by atoms with Crippen LogP contribution in [-0.4, -0.2) is 55.1 Å². The number of rotatable bonds is 3. The topological polar surface area (TPSA) is 128 Å². The number of nitriles is 1. The zero-order chi connectivity index (χ0) is 20.9. The standard InChI is InChI=1S/C18H17N5O2S.CH2O2/c19-12-14-3-1-4-15(11-14)26(24,25)23-13-17(22-9-7-20-8-10-22)18-16(23)5-2-6-21-18;2-1-3/h1-6,11,13,20H,7-10H2;1H,(H,2,3). The fourth-order valence-corrected chi connectivity index (χ4v) is 4.59. The second-order valence-corrected chi connectivity index (χ2v) is 7.98. The number of fused-ring (bicyclic) bond motifs is 1. The van der Waals surface area contributed by atoms with Crippen molar-refractivity contribution in [3.05, 3.63) is 54.4 Å². The van der Waals surface area contributed by atoms with E-state index in [1.807, 2.05) is 6.07 Å². The lowest BCUT2D eigenvalue weighted by molar-refractivity contribution is -0.122. The number of hydrogen-bond donors (Lipinski definition) is 2. The molecule has 0 amide bonds. The zero-order valence-corrected chi connectivity index (χ0v) is 16.2. The van der Waals surface area contributed by atoms with Crippen LogP contribution in [0.25, 0.3) is 11.0 Å². The predicted octanol–water partition coefficient (Wildman–Crippen LogP) is 1.26. The van der Waals surface area contributed by atoms with Gasteiger partial charge in [-0.25, -0.2) is 12.4 Å². The maximum atomic E-state index is 13.2. The van der Waals surface area contributed by atoms with E-state index >= 15 is 0 Å². The Balaban J connectivity index is 0.000000755. The van der Waals surface area contributed by atoms with E-state index in [-0.39, 0.29) is 11.4 Å². The van der Waals surface area contributed by atoms with Crippen molar-refractivity contribution in [1.82, 2.24) is 14.3 Å². The molecule has 0 saturated carbocycles. The van der Waals surface area contributed by atoms with Crippen molar-refractivity contribution in [3.8, 4) is 6.07 Å².